The van der Waals surface area contributed by atoms with Crippen molar-refractivity contribution in [3.63, 3.8) is 0 Å². The fourth-order valence-corrected chi connectivity index (χ4v) is 2.59. The monoisotopic (exact) mass is 414 g/mol. The van der Waals surface area contributed by atoms with Gasteiger partial charge in [0, 0.05) is 10.0 Å². The van der Waals surface area contributed by atoms with Crippen molar-refractivity contribution in [3.05, 3.63) is 22.2 Å². The van der Waals surface area contributed by atoms with Gasteiger partial charge in [-0.1, -0.05) is 15.9 Å². The van der Waals surface area contributed by atoms with E-state index < -0.39 is 0 Å². The van der Waals surface area contributed by atoms with Crippen LogP contribution in [0.5, 0.6) is 11.5 Å². The molecule has 140 valence electrons. The molecule has 1 rings (SSSR count). The Labute approximate surface area is 157 Å². The highest BCUT2D eigenvalue weighted by Crippen LogP contribution is 2.34. The SMILES string of the molecule is CCOc1cc(Br)c(CC(=O)NCC(=O)NC(C)(C)C)cc1OCC. The first-order valence-corrected chi connectivity index (χ1v) is 9.11. The average molecular weight is 415 g/mol. The van der Waals surface area contributed by atoms with E-state index >= 15 is 0 Å². The number of carbonyl (C=O) groups is 2. The summed E-state index contributed by atoms with van der Waals surface area (Å²) in [5.41, 5.74) is 0.437. The Hall–Kier alpha value is -1.76. The van der Waals surface area contributed by atoms with Crippen molar-refractivity contribution in [1.82, 2.24) is 10.6 Å². The summed E-state index contributed by atoms with van der Waals surface area (Å²) in [6.07, 6.45) is 0.135. The minimum atomic E-state index is -0.327. The Morgan fingerprint density at radius 1 is 1.04 bits per heavy atom. The van der Waals surface area contributed by atoms with E-state index in [4.69, 9.17) is 9.47 Å². The summed E-state index contributed by atoms with van der Waals surface area (Å²) in [5, 5.41) is 5.43. The first kappa shape index (κ1) is 21.3. The molecular formula is C18H27BrN2O4. The largest absolute Gasteiger partial charge is 0.490 e. The molecule has 0 heterocycles. The summed E-state index contributed by atoms with van der Waals surface area (Å²) in [7, 11) is 0. The van der Waals surface area contributed by atoms with Gasteiger partial charge in [-0.15, -0.1) is 0 Å². The van der Waals surface area contributed by atoms with Crippen LogP contribution in [0.4, 0.5) is 0 Å². The predicted octanol–water partition coefficient (Wildman–Crippen LogP) is 2.82. The van der Waals surface area contributed by atoms with E-state index in [2.05, 4.69) is 26.6 Å². The molecule has 0 aromatic heterocycles. The number of hydrogen-bond donors (Lipinski definition) is 2. The second-order valence-electron chi connectivity index (χ2n) is 6.51. The van der Waals surface area contributed by atoms with Gasteiger partial charge in [0.05, 0.1) is 26.2 Å². The molecule has 0 saturated carbocycles. The molecule has 0 aliphatic heterocycles. The van der Waals surface area contributed by atoms with Gasteiger partial charge in [0.25, 0.3) is 0 Å². The van der Waals surface area contributed by atoms with E-state index in [9.17, 15) is 9.59 Å². The van der Waals surface area contributed by atoms with Gasteiger partial charge in [0.1, 0.15) is 0 Å². The molecule has 0 saturated heterocycles. The zero-order valence-corrected chi connectivity index (χ0v) is 17.1. The molecule has 1 aromatic rings. The average Bonchev–Trinajstić information content (AvgIpc) is 2.48. The number of halogens is 1. The lowest BCUT2D eigenvalue weighted by atomic mass is 10.1. The molecule has 0 unspecified atom stereocenters. The Morgan fingerprint density at radius 3 is 2.12 bits per heavy atom. The second kappa shape index (κ2) is 9.65. The minimum Gasteiger partial charge on any atom is -0.490 e. The lowest BCUT2D eigenvalue weighted by molar-refractivity contribution is -0.126. The van der Waals surface area contributed by atoms with Crippen LogP contribution in [0.25, 0.3) is 0 Å². The fraction of sp³-hybridized carbons (Fsp3) is 0.556. The van der Waals surface area contributed by atoms with Gasteiger partial charge < -0.3 is 20.1 Å². The predicted molar refractivity (Wildman–Crippen MR) is 101 cm³/mol. The Bertz CT molecular complexity index is 612. The maximum atomic E-state index is 12.1. The van der Waals surface area contributed by atoms with E-state index in [0.29, 0.717) is 24.7 Å². The Morgan fingerprint density at radius 2 is 1.60 bits per heavy atom. The highest BCUT2D eigenvalue weighted by Gasteiger charge is 2.16. The van der Waals surface area contributed by atoms with Crippen molar-refractivity contribution < 1.29 is 19.1 Å². The van der Waals surface area contributed by atoms with Gasteiger partial charge >= 0.3 is 0 Å². The molecule has 0 aliphatic carbocycles. The first-order chi connectivity index (χ1) is 11.7. The maximum Gasteiger partial charge on any atom is 0.239 e. The molecule has 0 radical (unpaired) electrons. The molecule has 2 amide bonds. The minimum absolute atomic E-state index is 0.0525. The fourth-order valence-electron chi connectivity index (χ4n) is 2.13. The molecule has 0 spiro atoms. The summed E-state index contributed by atoms with van der Waals surface area (Å²) < 4.78 is 11.9. The summed E-state index contributed by atoms with van der Waals surface area (Å²) in [6, 6.07) is 3.58. The van der Waals surface area contributed by atoms with Crippen LogP contribution >= 0.6 is 15.9 Å². The number of hydrogen-bond acceptors (Lipinski definition) is 4. The van der Waals surface area contributed by atoms with Crippen molar-refractivity contribution in [3.8, 4) is 11.5 Å². The molecule has 6 nitrogen and oxygen atoms in total. The van der Waals surface area contributed by atoms with E-state index in [1.807, 2.05) is 34.6 Å². The van der Waals surface area contributed by atoms with E-state index in [0.717, 1.165) is 10.0 Å². The summed E-state index contributed by atoms with van der Waals surface area (Å²) >= 11 is 3.46. The van der Waals surface area contributed by atoms with Gasteiger partial charge in [-0.25, -0.2) is 0 Å². The quantitative estimate of drug-likeness (QED) is 0.685. The topological polar surface area (TPSA) is 76.7 Å². The highest BCUT2D eigenvalue weighted by atomic mass is 79.9. The van der Waals surface area contributed by atoms with Gasteiger partial charge in [-0.3, -0.25) is 9.59 Å². The van der Waals surface area contributed by atoms with E-state index in [1.54, 1.807) is 12.1 Å². The lowest BCUT2D eigenvalue weighted by Gasteiger charge is -2.20. The smallest absolute Gasteiger partial charge is 0.239 e. The van der Waals surface area contributed by atoms with Crippen LogP contribution in [0, 0.1) is 0 Å². The highest BCUT2D eigenvalue weighted by molar-refractivity contribution is 9.10. The number of benzene rings is 1. The van der Waals surface area contributed by atoms with E-state index in [1.165, 1.54) is 0 Å². The molecule has 0 aliphatic rings. The third-order valence-corrected chi connectivity index (χ3v) is 3.76. The second-order valence-corrected chi connectivity index (χ2v) is 7.36. The molecule has 0 atom stereocenters. The molecule has 0 bridgehead atoms. The van der Waals surface area contributed by atoms with Crippen molar-refractivity contribution in [2.24, 2.45) is 0 Å². The Balaban J connectivity index is 2.73. The summed E-state index contributed by atoms with van der Waals surface area (Å²) in [5.74, 6) is 0.767. The normalized spacial score (nSPS) is 11.0. The number of carbonyl (C=O) groups excluding carboxylic acids is 2. The molecular weight excluding hydrogens is 388 g/mol. The molecule has 2 N–H and O–H groups in total. The van der Waals surface area contributed by atoms with Crippen LogP contribution in [0.1, 0.15) is 40.2 Å². The van der Waals surface area contributed by atoms with Crippen LogP contribution in [0.15, 0.2) is 16.6 Å². The maximum absolute atomic E-state index is 12.1. The summed E-state index contributed by atoms with van der Waals surface area (Å²) in [6.45, 7) is 10.4. The zero-order valence-electron chi connectivity index (χ0n) is 15.5. The Kier molecular flexibility index (Phi) is 8.22. The van der Waals surface area contributed by atoms with Crippen molar-refractivity contribution in [2.75, 3.05) is 19.8 Å². The lowest BCUT2D eigenvalue weighted by Crippen LogP contribution is -2.46. The van der Waals surface area contributed by atoms with Gasteiger partial charge in [0.2, 0.25) is 11.8 Å². The molecule has 25 heavy (non-hydrogen) atoms. The van der Waals surface area contributed by atoms with Crippen LogP contribution in [0.2, 0.25) is 0 Å². The molecule has 0 fully saturated rings. The van der Waals surface area contributed by atoms with Crippen molar-refractivity contribution in [2.45, 2.75) is 46.6 Å². The number of ether oxygens (including phenoxy) is 2. The number of nitrogens with one attached hydrogen (secondary N) is 2. The van der Waals surface area contributed by atoms with Crippen LogP contribution in [0.3, 0.4) is 0 Å². The number of amides is 2. The zero-order chi connectivity index (χ0) is 19.0. The van der Waals surface area contributed by atoms with Gasteiger partial charge in [-0.2, -0.15) is 0 Å². The summed E-state index contributed by atoms with van der Waals surface area (Å²) in [4.78, 5) is 23.9. The van der Waals surface area contributed by atoms with Gasteiger partial charge in [-0.05, 0) is 52.3 Å². The number of rotatable bonds is 8. The standard InChI is InChI=1S/C18H27BrN2O4/c1-6-24-14-8-12(13(19)10-15(14)25-7-2)9-16(22)20-11-17(23)21-18(3,4)5/h8,10H,6-7,9,11H2,1-5H3,(H,20,22)(H,21,23). The van der Waals surface area contributed by atoms with Crippen LogP contribution < -0.4 is 20.1 Å². The molecule has 7 heteroatoms. The third kappa shape index (κ3) is 7.77. The third-order valence-electron chi connectivity index (χ3n) is 3.02. The van der Waals surface area contributed by atoms with Crippen LogP contribution in [-0.4, -0.2) is 37.1 Å². The van der Waals surface area contributed by atoms with E-state index in [-0.39, 0.29) is 30.3 Å². The van der Waals surface area contributed by atoms with Crippen molar-refractivity contribution in [1.29, 1.82) is 0 Å². The van der Waals surface area contributed by atoms with Crippen LogP contribution in [-0.2, 0) is 16.0 Å². The van der Waals surface area contributed by atoms with Gasteiger partial charge in [0.15, 0.2) is 11.5 Å². The molecule has 1 aromatic carbocycles. The van der Waals surface area contributed by atoms with Crippen molar-refractivity contribution >= 4 is 27.7 Å². The first-order valence-electron chi connectivity index (χ1n) is 8.32.